The minimum Gasteiger partial charge on any atom is -0.253 e. The second-order valence-corrected chi connectivity index (χ2v) is 5.94. The summed E-state index contributed by atoms with van der Waals surface area (Å²) in [4.78, 5) is 13.4. The number of hydrogen-bond donors (Lipinski definition) is 0. The lowest BCUT2D eigenvalue weighted by molar-refractivity contribution is -0.203. The lowest BCUT2D eigenvalue weighted by atomic mass is 9.91. The van der Waals surface area contributed by atoms with Crippen LogP contribution in [0.5, 0.6) is 0 Å². The van der Waals surface area contributed by atoms with Gasteiger partial charge in [0.05, 0.1) is 17.4 Å². The molecule has 1 unspecified atom stereocenters. The van der Waals surface area contributed by atoms with E-state index in [1.165, 1.54) is 18.3 Å². The minimum absolute atomic E-state index is 0.210. The number of nitrogens with zero attached hydrogens (tertiary/aromatic N) is 6. The SMILES string of the molecule is Cc1nn(C2(C(F)(F)F)C=CC=CC2)nc1-c1ncc2ncccc2n1. The highest BCUT2D eigenvalue weighted by atomic mass is 19.4. The summed E-state index contributed by atoms with van der Waals surface area (Å²) in [5, 5.41) is 8.14. The van der Waals surface area contributed by atoms with Gasteiger partial charge < -0.3 is 0 Å². The smallest absolute Gasteiger partial charge is 0.253 e. The summed E-state index contributed by atoms with van der Waals surface area (Å²) in [5.41, 5.74) is -0.614. The monoisotopic (exact) mass is 358 g/mol. The minimum atomic E-state index is -4.55. The highest BCUT2D eigenvalue weighted by Gasteiger charge is 2.56. The number of fused-ring (bicyclic) bond motifs is 1. The predicted molar refractivity (Wildman–Crippen MR) is 88.0 cm³/mol. The number of halogens is 3. The van der Waals surface area contributed by atoms with Gasteiger partial charge in [-0.25, -0.2) is 9.97 Å². The standard InChI is InChI=1S/C17H13F3N6/c1-11-14(15-22-10-13-12(23-15)6-5-9-21-13)25-26(24-11)16(17(18,19)20)7-3-2-4-8-16/h2-7,9-10H,8H2,1H3. The van der Waals surface area contributed by atoms with Gasteiger partial charge in [-0.15, -0.1) is 5.10 Å². The molecule has 9 heteroatoms. The molecule has 0 N–H and O–H groups in total. The molecule has 0 aliphatic heterocycles. The van der Waals surface area contributed by atoms with Crippen LogP contribution in [-0.4, -0.2) is 36.1 Å². The van der Waals surface area contributed by atoms with Crippen molar-refractivity contribution in [3.8, 4) is 11.5 Å². The first-order chi connectivity index (χ1) is 12.4. The number of hydrogen-bond acceptors (Lipinski definition) is 5. The molecular formula is C17H13F3N6. The molecular weight excluding hydrogens is 345 g/mol. The Hall–Kier alpha value is -3.10. The number of aryl methyl sites for hydroxylation is 1. The normalized spacial score (nSPS) is 20.0. The van der Waals surface area contributed by atoms with E-state index < -0.39 is 11.7 Å². The average Bonchev–Trinajstić information content (AvgIpc) is 3.03. The van der Waals surface area contributed by atoms with Gasteiger partial charge in [0.15, 0.2) is 17.1 Å². The number of rotatable bonds is 2. The van der Waals surface area contributed by atoms with E-state index in [0.717, 1.165) is 6.08 Å². The summed E-state index contributed by atoms with van der Waals surface area (Å²) in [6.07, 6.45) is 3.75. The third-order valence-corrected chi connectivity index (χ3v) is 4.24. The Labute approximate surface area is 146 Å². The highest BCUT2D eigenvalue weighted by Crippen LogP contribution is 2.42. The Morgan fingerprint density at radius 2 is 1.96 bits per heavy atom. The van der Waals surface area contributed by atoms with Crippen molar-refractivity contribution < 1.29 is 13.2 Å². The molecule has 1 aliphatic rings. The zero-order valence-electron chi connectivity index (χ0n) is 13.6. The Bertz CT molecular complexity index is 1040. The van der Waals surface area contributed by atoms with Crippen LogP contribution in [0.2, 0.25) is 0 Å². The van der Waals surface area contributed by atoms with Crippen molar-refractivity contribution in [3.63, 3.8) is 0 Å². The van der Waals surface area contributed by atoms with E-state index in [1.54, 1.807) is 31.3 Å². The van der Waals surface area contributed by atoms with Crippen LogP contribution in [0.3, 0.4) is 0 Å². The van der Waals surface area contributed by atoms with Crippen molar-refractivity contribution in [2.45, 2.75) is 25.1 Å². The zero-order chi connectivity index (χ0) is 18.4. The first-order valence-electron chi connectivity index (χ1n) is 7.84. The Morgan fingerprint density at radius 3 is 2.69 bits per heavy atom. The Kier molecular flexibility index (Phi) is 3.60. The molecule has 3 heterocycles. The first-order valence-corrected chi connectivity index (χ1v) is 7.84. The van der Waals surface area contributed by atoms with Gasteiger partial charge in [-0.05, 0) is 25.1 Å². The van der Waals surface area contributed by atoms with Crippen LogP contribution in [0.4, 0.5) is 13.2 Å². The molecule has 4 rings (SSSR count). The maximum Gasteiger partial charge on any atom is 0.419 e. The summed E-state index contributed by atoms with van der Waals surface area (Å²) in [5.74, 6) is 0.210. The van der Waals surface area contributed by atoms with Gasteiger partial charge in [-0.3, -0.25) is 4.98 Å². The first kappa shape index (κ1) is 16.4. The third kappa shape index (κ3) is 2.47. The molecule has 0 amide bonds. The van der Waals surface area contributed by atoms with Crippen molar-refractivity contribution in [2.24, 2.45) is 0 Å². The van der Waals surface area contributed by atoms with E-state index in [1.807, 2.05) is 0 Å². The molecule has 0 fully saturated rings. The van der Waals surface area contributed by atoms with Crippen LogP contribution >= 0.6 is 0 Å². The third-order valence-electron chi connectivity index (χ3n) is 4.24. The maximum absolute atomic E-state index is 13.8. The van der Waals surface area contributed by atoms with Crippen molar-refractivity contribution in [1.29, 1.82) is 0 Å². The van der Waals surface area contributed by atoms with E-state index in [-0.39, 0.29) is 17.9 Å². The van der Waals surface area contributed by atoms with Gasteiger partial charge >= 0.3 is 6.18 Å². The molecule has 1 atom stereocenters. The van der Waals surface area contributed by atoms with Crippen molar-refractivity contribution in [2.75, 3.05) is 0 Å². The van der Waals surface area contributed by atoms with E-state index in [0.29, 0.717) is 21.5 Å². The van der Waals surface area contributed by atoms with Gasteiger partial charge in [0.1, 0.15) is 5.52 Å². The Balaban J connectivity index is 1.84. The molecule has 6 nitrogen and oxygen atoms in total. The van der Waals surface area contributed by atoms with Gasteiger partial charge in [-0.2, -0.15) is 23.1 Å². The van der Waals surface area contributed by atoms with Crippen LogP contribution in [0.15, 0.2) is 48.8 Å². The number of aromatic nitrogens is 6. The fraction of sp³-hybridized carbons (Fsp3) is 0.235. The molecule has 26 heavy (non-hydrogen) atoms. The van der Waals surface area contributed by atoms with Crippen LogP contribution in [0.25, 0.3) is 22.6 Å². The molecule has 0 spiro atoms. The fourth-order valence-electron chi connectivity index (χ4n) is 2.83. The maximum atomic E-state index is 13.8. The Morgan fingerprint density at radius 1 is 1.12 bits per heavy atom. The van der Waals surface area contributed by atoms with Crippen LogP contribution in [-0.2, 0) is 5.54 Å². The molecule has 0 radical (unpaired) electrons. The molecule has 3 aromatic heterocycles. The van der Waals surface area contributed by atoms with Crippen LogP contribution in [0, 0.1) is 6.92 Å². The molecule has 132 valence electrons. The van der Waals surface area contributed by atoms with Crippen LogP contribution in [0.1, 0.15) is 12.1 Å². The lowest BCUT2D eigenvalue weighted by Gasteiger charge is -2.32. The molecule has 0 aromatic carbocycles. The largest absolute Gasteiger partial charge is 0.419 e. The quantitative estimate of drug-likeness (QED) is 0.703. The number of pyridine rings is 1. The fourth-order valence-corrected chi connectivity index (χ4v) is 2.83. The molecule has 0 saturated carbocycles. The van der Waals surface area contributed by atoms with Gasteiger partial charge in [-0.1, -0.05) is 18.2 Å². The summed E-state index contributed by atoms with van der Waals surface area (Å²) in [6.45, 7) is 1.59. The lowest BCUT2D eigenvalue weighted by Crippen LogP contribution is -2.47. The summed E-state index contributed by atoms with van der Waals surface area (Å²) in [6, 6.07) is 3.47. The number of allylic oxidation sites excluding steroid dienone is 4. The van der Waals surface area contributed by atoms with Crippen molar-refractivity contribution in [1.82, 2.24) is 29.9 Å². The van der Waals surface area contributed by atoms with Crippen molar-refractivity contribution in [3.05, 3.63) is 54.5 Å². The second kappa shape index (κ2) is 5.72. The van der Waals surface area contributed by atoms with E-state index in [4.69, 9.17) is 0 Å². The van der Waals surface area contributed by atoms with Gasteiger partial charge in [0.25, 0.3) is 0 Å². The van der Waals surface area contributed by atoms with E-state index in [9.17, 15) is 13.2 Å². The van der Waals surface area contributed by atoms with Gasteiger partial charge in [0, 0.05) is 12.6 Å². The van der Waals surface area contributed by atoms with Crippen LogP contribution < -0.4 is 0 Å². The summed E-state index contributed by atoms with van der Waals surface area (Å²) >= 11 is 0. The number of alkyl halides is 3. The van der Waals surface area contributed by atoms with Crippen molar-refractivity contribution >= 4 is 11.0 Å². The second-order valence-electron chi connectivity index (χ2n) is 5.94. The topological polar surface area (TPSA) is 69.4 Å². The molecule has 0 bridgehead atoms. The molecule has 0 saturated heterocycles. The predicted octanol–water partition coefficient (Wildman–Crippen LogP) is 3.37. The molecule has 3 aromatic rings. The summed E-state index contributed by atoms with van der Waals surface area (Å²) < 4.78 is 41.4. The summed E-state index contributed by atoms with van der Waals surface area (Å²) in [7, 11) is 0. The molecule has 1 aliphatic carbocycles. The van der Waals surface area contributed by atoms with Gasteiger partial charge in [0.2, 0.25) is 0 Å². The highest BCUT2D eigenvalue weighted by molar-refractivity contribution is 5.74. The average molecular weight is 358 g/mol. The van der Waals surface area contributed by atoms with E-state index in [2.05, 4.69) is 25.1 Å². The van der Waals surface area contributed by atoms with E-state index >= 15 is 0 Å². The zero-order valence-corrected chi connectivity index (χ0v) is 13.6.